The van der Waals surface area contributed by atoms with E-state index in [1.807, 2.05) is 13.8 Å². The average molecular weight is 157 g/mol. The number of rotatable bonds is 1. The molecule has 0 aromatic heterocycles. The molecule has 1 fully saturated rings. The van der Waals surface area contributed by atoms with Gasteiger partial charge < -0.3 is 10.0 Å². The van der Waals surface area contributed by atoms with Gasteiger partial charge >= 0.3 is 0 Å². The predicted octanol–water partition coefficient (Wildman–Crippen LogP) is -0.156. The molecule has 2 nitrogen and oxygen atoms in total. The van der Waals surface area contributed by atoms with Gasteiger partial charge in [0.1, 0.15) is 0 Å². The highest BCUT2D eigenvalue weighted by molar-refractivity contribution is 4.78. The second-order valence-electron chi connectivity index (χ2n) is 4.20. The molecule has 0 aliphatic carbocycles. The minimum absolute atomic E-state index is 0.434. The lowest BCUT2D eigenvalue weighted by molar-refractivity contribution is -0.864. The lowest BCUT2D eigenvalue weighted by atomic mass is 9.84. The quantitative estimate of drug-likeness (QED) is 0.508. The van der Waals surface area contributed by atoms with Gasteiger partial charge in [0.05, 0.1) is 18.7 Å². The molecule has 0 radical (unpaired) electrons. The molecule has 0 amide bonds. The number of hydrogen-bond donors (Lipinski definition) is 2. The first-order chi connectivity index (χ1) is 5.00. The van der Waals surface area contributed by atoms with Crippen LogP contribution in [0.5, 0.6) is 0 Å². The van der Waals surface area contributed by atoms with Crippen LogP contribution in [0.25, 0.3) is 0 Å². The summed E-state index contributed by atoms with van der Waals surface area (Å²) in [6.45, 7) is 5.97. The third kappa shape index (κ3) is 2.46. The first kappa shape index (κ1) is 9.01. The summed E-state index contributed by atoms with van der Waals surface area (Å²) in [4.78, 5) is 1.31. The third-order valence-corrected chi connectivity index (χ3v) is 2.62. The van der Waals surface area contributed by atoms with E-state index in [2.05, 4.69) is 7.05 Å². The first-order valence-electron chi connectivity index (χ1n) is 4.39. The van der Waals surface area contributed by atoms with Crippen molar-refractivity contribution in [2.75, 3.05) is 13.1 Å². The van der Waals surface area contributed by atoms with Crippen LogP contribution in [0.1, 0.15) is 26.7 Å². The van der Waals surface area contributed by atoms with Gasteiger partial charge in [-0.05, 0) is 26.7 Å². The van der Waals surface area contributed by atoms with Crippen molar-refractivity contribution < 1.29 is 10.0 Å². The number of hydrogen-bond acceptors (Lipinski definition) is 1. The molecule has 2 atom stereocenters. The predicted molar refractivity (Wildman–Crippen MR) is 45.1 cm³/mol. The van der Waals surface area contributed by atoms with Crippen LogP contribution in [0.3, 0.4) is 0 Å². The Bertz CT molecular complexity index is 128. The maximum atomic E-state index is 9.72. The van der Waals surface area contributed by atoms with Crippen LogP contribution in [0, 0.1) is 13.0 Å². The van der Waals surface area contributed by atoms with E-state index in [1.54, 1.807) is 0 Å². The maximum Gasteiger partial charge on any atom is 0.0672 e. The van der Waals surface area contributed by atoms with Crippen molar-refractivity contribution in [2.45, 2.75) is 32.3 Å². The summed E-state index contributed by atoms with van der Waals surface area (Å²) >= 11 is 0. The van der Waals surface area contributed by atoms with Gasteiger partial charge in [-0.15, -0.1) is 0 Å². The zero-order valence-electron chi connectivity index (χ0n) is 7.56. The lowest BCUT2D eigenvalue weighted by Gasteiger charge is -2.37. The molecule has 1 aliphatic heterocycles. The number of likely N-dealkylation sites (tertiary alicyclic amines) is 1. The fourth-order valence-corrected chi connectivity index (χ4v) is 1.75. The average Bonchev–Trinajstić information content (AvgIpc) is 1.86. The summed E-state index contributed by atoms with van der Waals surface area (Å²) < 4.78 is 0. The van der Waals surface area contributed by atoms with E-state index >= 15 is 0 Å². The van der Waals surface area contributed by atoms with E-state index in [4.69, 9.17) is 0 Å². The van der Waals surface area contributed by atoms with Crippen molar-refractivity contribution in [1.29, 1.82) is 0 Å². The molecule has 2 N–H and O–H groups in total. The Morgan fingerprint density at radius 2 is 2.18 bits per heavy atom. The number of nitrogens with one attached hydrogen (secondary N) is 1. The summed E-state index contributed by atoms with van der Waals surface area (Å²) in [6.07, 6.45) is 2.36. The molecule has 1 rings (SSSR count). The van der Waals surface area contributed by atoms with Crippen molar-refractivity contribution in [1.82, 2.24) is 0 Å². The van der Waals surface area contributed by atoms with Gasteiger partial charge in [-0.25, -0.2) is 0 Å². The summed E-state index contributed by atoms with van der Waals surface area (Å²) in [5, 5.41) is 9.72. The van der Waals surface area contributed by atoms with E-state index < -0.39 is 5.60 Å². The minimum atomic E-state index is -0.511. The van der Waals surface area contributed by atoms with Crippen molar-refractivity contribution in [3.8, 4) is 0 Å². The van der Waals surface area contributed by atoms with Gasteiger partial charge in [0, 0.05) is 5.92 Å². The maximum absolute atomic E-state index is 9.72. The van der Waals surface area contributed by atoms with Crippen LogP contribution in [-0.2, 0) is 0 Å². The van der Waals surface area contributed by atoms with E-state index in [0.29, 0.717) is 5.92 Å². The van der Waals surface area contributed by atoms with Crippen molar-refractivity contribution >= 4 is 0 Å². The monoisotopic (exact) mass is 157 g/mol. The smallest absolute Gasteiger partial charge is 0.0672 e. The normalized spacial score (nSPS) is 33.8. The molecule has 0 aromatic rings. The summed E-state index contributed by atoms with van der Waals surface area (Å²) in [5.41, 5.74) is -0.511. The van der Waals surface area contributed by atoms with Gasteiger partial charge in [0.2, 0.25) is 0 Å². The minimum Gasteiger partial charge on any atom is -0.468 e. The Kier molecular flexibility index (Phi) is 2.55. The standard InChI is InChI=1S/C9H19NO/c1-9(2,11)8-5-4-6-10(3)7-8/h8,10-11H,3-7H2,1-2H3. The van der Waals surface area contributed by atoms with Crippen LogP contribution in [0.4, 0.5) is 0 Å². The highest BCUT2D eigenvalue weighted by Gasteiger charge is 2.30. The zero-order valence-corrected chi connectivity index (χ0v) is 7.56. The second-order valence-corrected chi connectivity index (χ2v) is 4.20. The second kappa shape index (κ2) is 3.11. The van der Waals surface area contributed by atoms with Crippen LogP contribution < -0.4 is 4.90 Å². The number of quaternary nitrogens is 1. The molecule has 11 heavy (non-hydrogen) atoms. The van der Waals surface area contributed by atoms with E-state index in [-0.39, 0.29) is 0 Å². The first-order valence-corrected chi connectivity index (χ1v) is 4.39. The molecule has 0 bridgehead atoms. The zero-order chi connectivity index (χ0) is 8.48. The largest absolute Gasteiger partial charge is 0.468 e. The summed E-state index contributed by atoms with van der Waals surface area (Å²) in [5.74, 6) is 0.434. The molecule has 2 unspecified atom stereocenters. The van der Waals surface area contributed by atoms with E-state index in [1.165, 1.54) is 11.3 Å². The van der Waals surface area contributed by atoms with Gasteiger partial charge in [-0.2, -0.15) is 7.05 Å². The van der Waals surface area contributed by atoms with E-state index in [9.17, 15) is 5.11 Å². The topological polar surface area (TPSA) is 24.7 Å². The van der Waals surface area contributed by atoms with Gasteiger partial charge in [-0.3, -0.25) is 0 Å². The molecule has 66 valence electrons. The number of piperidine rings is 1. The molecule has 2 heteroatoms. The fraction of sp³-hybridized carbons (Fsp3) is 0.889. The highest BCUT2D eigenvalue weighted by Crippen LogP contribution is 2.21. The Labute approximate surface area is 69.2 Å². The highest BCUT2D eigenvalue weighted by atomic mass is 16.3. The van der Waals surface area contributed by atoms with Gasteiger partial charge in [0.15, 0.2) is 0 Å². The van der Waals surface area contributed by atoms with Gasteiger partial charge in [0.25, 0.3) is 0 Å². The van der Waals surface area contributed by atoms with E-state index in [0.717, 1.165) is 19.5 Å². The number of aliphatic hydroxyl groups is 1. The molecular formula is C9H19NO. The summed E-state index contributed by atoms with van der Waals surface area (Å²) in [6, 6.07) is 0. The van der Waals surface area contributed by atoms with Crippen LogP contribution in [0.2, 0.25) is 0 Å². The fourth-order valence-electron chi connectivity index (χ4n) is 1.75. The Morgan fingerprint density at radius 1 is 1.55 bits per heavy atom. The third-order valence-electron chi connectivity index (χ3n) is 2.62. The van der Waals surface area contributed by atoms with Crippen molar-refractivity contribution in [3.63, 3.8) is 0 Å². The van der Waals surface area contributed by atoms with Crippen LogP contribution >= 0.6 is 0 Å². The van der Waals surface area contributed by atoms with Crippen LogP contribution in [0.15, 0.2) is 0 Å². The Morgan fingerprint density at radius 3 is 2.55 bits per heavy atom. The summed E-state index contributed by atoms with van der Waals surface area (Å²) in [7, 11) is 3.97. The molecule has 0 aromatic carbocycles. The molecular weight excluding hydrogens is 138 g/mol. The van der Waals surface area contributed by atoms with Crippen molar-refractivity contribution in [3.05, 3.63) is 7.05 Å². The Hall–Kier alpha value is -0.0800. The van der Waals surface area contributed by atoms with Gasteiger partial charge in [-0.1, -0.05) is 0 Å². The molecule has 1 saturated heterocycles. The molecule has 0 saturated carbocycles. The van der Waals surface area contributed by atoms with Crippen molar-refractivity contribution in [2.24, 2.45) is 5.92 Å². The van der Waals surface area contributed by atoms with Crippen LogP contribution in [-0.4, -0.2) is 23.8 Å². The molecule has 1 aliphatic rings. The SMILES string of the molecule is [CH2-][NH+]1CCCC(C(C)(C)O)C1. The molecule has 1 heterocycles. The molecule has 0 spiro atoms. The lowest BCUT2D eigenvalue weighted by Crippen LogP contribution is -3.09. The Balaban J connectivity index is 2.46.